The second kappa shape index (κ2) is 6.43. The molecule has 4 nitrogen and oxygen atoms in total. The molecule has 0 bridgehead atoms. The number of carbonyl (C=O) groups excluding carboxylic acids is 1. The van der Waals surface area contributed by atoms with Crippen molar-refractivity contribution < 1.29 is 4.79 Å². The summed E-state index contributed by atoms with van der Waals surface area (Å²) in [5.41, 5.74) is 2.11. The first-order chi connectivity index (χ1) is 7.71. The summed E-state index contributed by atoms with van der Waals surface area (Å²) in [7, 11) is 1.86. The lowest BCUT2D eigenvalue weighted by atomic mass is 10.1. The standard InChI is InChI=1S/C12H21N3O/c1-4-10-8-11(15(5-2)14-10)9-12(16)6-7-13-3/h8,13H,4-7,9H2,1-3H3. The minimum atomic E-state index is 0.270. The van der Waals surface area contributed by atoms with Gasteiger partial charge in [0, 0.05) is 31.6 Å². The number of aryl methyl sites for hydroxylation is 2. The number of hydrogen-bond donors (Lipinski definition) is 1. The van der Waals surface area contributed by atoms with Gasteiger partial charge in [0.05, 0.1) is 5.69 Å². The SMILES string of the molecule is CCc1cc(CC(=O)CCNC)n(CC)n1. The fourth-order valence-corrected chi connectivity index (χ4v) is 1.66. The molecule has 1 rings (SSSR count). The van der Waals surface area contributed by atoms with E-state index >= 15 is 0 Å². The van der Waals surface area contributed by atoms with Crippen molar-refractivity contribution in [3.05, 3.63) is 17.5 Å². The van der Waals surface area contributed by atoms with Crippen LogP contribution in [0.5, 0.6) is 0 Å². The Bertz CT molecular complexity index is 344. The summed E-state index contributed by atoms with van der Waals surface area (Å²) in [6, 6.07) is 2.04. The lowest BCUT2D eigenvalue weighted by molar-refractivity contribution is -0.118. The molecule has 90 valence electrons. The number of carbonyl (C=O) groups is 1. The van der Waals surface area contributed by atoms with Gasteiger partial charge in [-0.15, -0.1) is 0 Å². The highest BCUT2D eigenvalue weighted by atomic mass is 16.1. The molecule has 0 saturated carbocycles. The Labute approximate surface area is 97.0 Å². The molecule has 0 saturated heterocycles. The van der Waals surface area contributed by atoms with E-state index in [0.29, 0.717) is 12.8 Å². The molecule has 0 aliphatic heterocycles. The molecule has 1 heterocycles. The van der Waals surface area contributed by atoms with Gasteiger partial charge in [-0.25, -0.2) is 0 Å². The van der Waals surface area contributed by atoms with Crippen molar-refractivity contribution in [3.8, 4) is 0 Å². The smallest absolute Gasteiger partial charge is 0.140 e. The fraction of sp³-hybridized carbons (Fsp3) is 0.667. The molecule has 4 heteroatoms. The maximum atomic E-state index is 11.7. The van der Waals surface area contributed by atoms with Gasteiger partial charge in [-0.1, -0.05) is 6.92 Å². The Morgan fingerprint density at radius 2 is 2.25 bits per heavy atom. The van der Waals surface area contributed by atoms with Crippen LogP contribution >= 0.6 is 0 Å². The van der Waals surface area contributed by atoms with Gasteiger partial charge in [-0.05, 0) is 26.5 Å². The molecule has 1 N–H and O–H groups in total. The van der Waals surface area contributed by atoms with Crippen LogP contribution in [0.3, 0.4) is 0 Å². The van der Waals surface area contributed by atoms with Crippen molar-refractivity contribution in [2.75, 3.05) is 13.6 Å². The van der Waals surface area contributed by atoms with Crippen molar-refractivity contribution in [1.29, 1.82) is 0 Å². The highest BCUT2D eigenvalue weighted by molar-refractivity contribution is 5.80. The Hall–Kier alpha value is -1.16. The van der Waals surface area contributed by atoms with Crippen molar-refractivity contribution in [3.63, 3.8) is 0 Å². The van der Waals surface area contributed by atoms with Crippen LogP contribution < -0.4 is 5.32 Å². The summed E-state index contributed by atoms with van der Waals surface area (Å²) in [5, 5.41) is 7.42. The highest BCUT2D eigenvalue weighted by Crippen LogP contribution is 2.07. The molecular formula is C12H21N3O. The number of ketones is 1. The zero-order valence-electron chi connectivity index (χ0n) is 10.4. The molecule has 0 amide bonds. The second-order valence-corrected chi connectivity index (χ2v) is 3.87. The van der Waals surface area contributed by atoms with Gasteiger partial charge >= 0.3 is 0 Å². The van der Waals surface area contributed by atoms with Crippen molar-refractivity contribution in [1.82, 2.24) is 15.1 Å². The van der Waals surface area contributed by atoms with E-state index in [4.69, 9.17) is 0 Å². The van der Waals surface area contributed by atoms with E-state index in [2.05, 4.69) is 17.3 Å². The average molecular weight is 223 g/mol. The molecule has 0 aliphatic carbocycles. The van der Waals surface area contributed by atoms with E-state index in [1.165, 1.54) is 0 Å². The summed E-state index contributed by atoms with van der Waals surface area (Å²) in [4.78, 5) is 11.7. The van der Waals surface area contributed by atoms with E-state index in [1.807, 2.05) is 24.7 Å². The Kier molecular flexibility index (Phi) is 5.19. The molecule has 0 unspecified atom stereocenters. The van der Waals surface area contributed by atoms with Crippen LogP contribution in [0.15, 0.2) is 6.07 Å². The number of rotatable bonds is 7. The topological polar surface area (TPSA) is 46.9 Å². The van der Waals surface area contributed by atoms with Crippen LogP contribution in [0.25, 0.3) is 0 Å². The van der Waals surface area contributed by atoms with Crippen LogP contribution in [0.4, 0.5) is 0 Å². The lowest BCUT2D eigenvalue weighted by Gasteiger charge is -2.03. The lowest BCUT2D eigenvalue weighted by Crippen LogP contribution is -2.16. The van der Waals surface area contributed by atoms with E-state index in [-0.39, 0.29) is 5.78 Å². The fourth-order valence-electron chi connectivity index (χ4n) is 1.66. The van der Waals surface area contributed by atoms with Crippen molar-refractivity contribution >= 4 is 5.78 Å². The predicted molar refractivity (Wildman–Crippen MR) is 64.5 cm³/mol. The van der Waals surface area contributed by atoms with E-state index in [9.17, 15) is 4.79 Å². The minimum absolute atomic E-state index is 0.270. The largest absolute Gasteiger partial charge is 0.319 e. The quantitative estimate of drug-likeness (QED) is 0.755. The summed E-state index contributed by atoms with van der Waals surface area (Å²) in [6.45, 7) is 5.71. The third-order valence-electron chi connectivity index (χ3n) is 2.61. The normalized spacial score (nSPS) is 10.7. The van der Waals surface area contributed by atoms with Gasteiger partial charge in [-0.2, -0.15) is 5.10 Å². The summed E-state index contributed by atoms with van der Waals surface area (Å²) in [5.74, 6) is 0.270. The number of aromatic nitrogens is 2. The third kappa shape index (κ3) is 3.45. The van der Waals surface area contributed by atoms with Crippen LogP contribution in [0.2, 0.25) is 0 Å². The first-order valence-electron chi connectivity index (χ1n) is 5.93. The van der Waals surface area contributed by atoms with E-state index < -0.39 is 0 Å². The zero-order valence-corrected chi connectivity index (χ0v) is 10.4. The zero-order chi connectivity index (χ0) is 12.0. The molecule has 1 aromatic heterocycles. The third-order valence-corrected chi connectivity index (χ3v) is 2.61. The number of hydrogen-bond acceptors (Lipinski definition) is 3. The molecule has 1 aromatic rings. The minimum Gasteiger partial charge on any atom is -0.319 e. The van der Waals surface area contributed by atoms with Gasteiger partial charge in [0.2, 0.25) is 0 Å². The molecule has 0 radical (unpaired) electrons. The molecule has 0 atom stereocenters. The molecular weight excluding hydrogens is 202 g/mol. The Balaban J connectivity index is 2.64. The first kappa shape index (κ1) is 12.9. The predicted octanol–water partition coefficient (Wildman–Crippen LogP) is 1.19. The maximum Gasteiger partial charge on any atom is 0.140 e. The van der Waals surface area contributed by atoms with Gasteiger partial charge in [0.15, 0.2) is 0 Å². The van der Waals surface area contributed by atoms with Crippen LogP contribution in [-0.4, -0.2) is 29.2 Å². The van der Waals surface area contributed by atoms with Crippen LogP contribution in [0, 0.1) is 0 Å². The average Bonchev–Trinajstić information content (AvgIpc) is 2.68. The highest BCUT2D eigenvalue weighted by Gasteiger charge is 2.09. The first-order valence-corrected chi connectivity index (χ1v) is 5.93. The van der Waals surface area contributed by atoms with Crippen LogP contribution in [0.1, 0.15) is 31.7 Å². The van der Waals surface area contributed by atoms with E-state index in [1.54, 1.807) is 0 Å². The molecule has 0 fully saturated rings. The molecule has 0 aromatic carbocycles. The number of nitrogens with one attached hydrogen (secondary N) is 1. The number of Topliss-reactive ketones (excluding diaryl/α,β-unsaturated/α-hetero) is 1. The summed E-state index contributed by atoms with van der Waals surface area (Å²) >= 11 is 0. The Morgan fingerprint density at radius 1 is 1.50 bits per heavy atom. The molecule has 0 aliphatic rings. The maximum absolute atomic E-state index is 11.7. The van der Waals surface area contributed by atoms with Gasteiger partial charge in [-0.3, -0.25) is 9.48 Å². The van der Waals surface area contributed by atoms with Crippen molar-refractivity contribution in [2.45, 2.75) is 39.7 Å². The van der Waals surface area contributed by atoms with Gasteiger partial charge in [0.1, 0.15) is 5.78 Å². The van der Waals surface area contributed by atoms with Gasteiger partial charge in [0.25, 0.3) is 0 Å². The molecule has 16 heavy (non-hydrogen) atoms. The second-order valence-electron chi connectivity index (χ2n) is 3.87. The van der Waals surface area contributed by atoms with Crippen LogP contribution in [-0.2, 0) is 24.2 Å². The number of nitrogens with zero attached hydrogens (tertiary/aromatic N) is 2. The molecule has 0 spiro atoms. The monoisotopic (exact) mass is 223 g/mol. The summed E-state index contributed by atoms with van der Waals surface area (Å²) in [6.07, 6.45) is 2.01. The van der Waals surface area contributed by atoms with Gasteiger partial charge < -0.3 is 5.32 Å². The Morgan fingerprint density at radius 3 is 2.81 bits per heavy atom. The van der Waals surface area contributed by atoms with E-state index in [0.717, 1.165) is 30.9 Å². The summed E-state index contributed by atoms with van der Waals surface area (Å²) < 4.78 is 1.93. The van der Waals surface area contributed by atoms with Crippen molar-refractivity contribution in [2.24, 2.45) is 0 Å².